The number of oxime groups is 1. The first-order chi connectivity index (χ1) is 19.3. The van der Waals surface area contributed by atoms with Gasteiger partial charge in [0, 0.05) is 16.9 Å². The average molecular weight is 514 g/mol. The van der Waals surface area contributed by atoms with E-state index in [4.69, 9.17) is 19.3 Å². The molecular weight excluding hydrogens is 490 g/mol. The van der Waals surface area contributed by atoms with Gasteiger partial charge in [0.1, 0.15) is 17.8 Å². The molecule has 190 valence electrons. The largest absolute Gasteiger partial charge is 0.497 e. The van der Waals surface area contributed by atoms with Crippen LogP contribution in [0.2, 0.25) is 0 Å². The molecule has 0 unspecified atom stereocenters. The summed E-state index contributed by atoms with van der Waals surface area (Å²) in [5, 5.41) is 10.8. The molecule has 1 atom stereocenters. The van der Waals surface area contributed by atoms with Crippen molar-refractivity contribution in [3.63, 3.8) is 0 Å². The fourth-order valence-electron chi connectivity index (χ4n) is 5.03. The van der Waals surface area contributed by atoms with Crippen molar-refractivity contribution in [2.24, 2.45) is 5.16 Å². The van der Waals surface area contributed by atoms with Gasteiger partial charge in [-0.2, -0.15) is 0 Å². The van der Waals surface area contributed by atoms with E-state index in [1.54, 1.807) is 24.2 Å². The zero-order chi connectivity index (χ0) is 26.2. The first-order valence-electron chi connectivity index (χ1n) is 12.6. The van der Waals surface area contributed by atoms with Gasteiger partial charge in [0.15, 0.2) is 18.1 Å². The van der Waals surface area contributed by atoms with Crippen LogP contribution in [-0.2, 0) is 11.4 Å². The third-order valence-electron chi connectivity index (χ3n) is 6.86. The molecule has 0 aliphatic carbocycles. The molecule has 0 saturated heterocycles. The molecule has 39 heavy (non-hydrogen) atoms. The van der Waals surface area contributed by atoms with E-state index in [0.29, 0.717) is 17.4 Å². The quantitative estimate of drug-likeness (QED) is 0.197. The van der Waals surface area contributed by atoms with Crippen molar-refractivity contribution < 1.29 is 14.3 Å². The van der Waals surface area contributed by atoms with Crippen LogP contribution >= 0.6 is 0 Å². The van der Waals surface area contributed by atoms with Gasteiger partial charge in [0.05, 0.1) is 18.9 Å². The molecule has 7 rings (SSSR count). The molecule has 0 bridgehead atoms. The van der Waals surface area contributed by atoms with Crippen LogP contribution in [0.5, 0.6) is 17.4 Å². The minimum Gasteiger partial charge on any atom is -0.497 e. The van der Waals surface area contributed by atoms with Crippen LogP contribution in [0.3, 0.4) is 0 Å². The van der Waals surface area contributed by atoms with E-state index in [-0.39, 0.29) is 12.5 Å². The Morgan fingerprint density at radius 2 is 1.77 bits per heavy atom. The number of fused-ring (bicyclic) bond motifs is 6. The fourth-order valence-corrected chi connectivity index (χ4v) is 5.03. The highest BCUT2D eigenvalue weighted by Gasteiger charge is 2.34. The average Bonchev–Trinajstić information content (AvgIpc) is 3.42. The van der Waals surface area contributed by atoms with Gasteiger partial charge in [-0.25, -0.2) is 14.5 Å². The highest BCUT2D eigenvalue weighted by atomic mass is 16.6. The van der Waals surface area contributed by atoms with E-state index in [1.165, 1.54) is 0 Å². The molecule has 8 heteroatoms. The van der Waals surface area contributed by atoms with Crippen molar-refractivity contribution in [1.82, 2.24) is 19.6 Å². The number of hydrogen-bond acceptors (Lipinski definition) is 7. The van der Waals surface area contributed by atoms with E-state index in [2.05, 4.69) is 51.6 Å². The van der Waals surface area contributed by atoms with Crippen LogP contribution in [0.15, 0.2) is 102 Å². The molecule has 4 aromatic carbocycles. The van der Waals surface area contributed by atoms with Gasteiger partial charge >= 0.3 is 0 Å². The Kier molecular flexibility index (Phi) is 5.62. The molecule has 0 radical (unpaired) electrons. The Labute approximate surface area is 224 Å². The molecular formula is C31H23N5O3. The lowest BCUT2D eigenvalue weighted by Gasteiger charge is -2.28. The Bertz CT molecular complexity index is 1830. The fraction of sp³-hybridized carbons (Fsp3) is 0.0968. The van der Waals surface area contributed by atoms with Gasteiger partial charge in [-0.05, 0) is 40.8 Å². The van der Waals surface area contributed by atoms with Crippen LogP contribution in [0.4, 0.5) is 0 Å². The predicted molar refractivity (Wildman–Crippen MR) is 148 cm³/mol. The predicted octanol–water partition coefficient (Wildman–Crippen LogP) is 6.12. The van der Waals surface area contributed by atoms with E-state index in [0.717, 1.165) is 44.5 Å². The van der Waals surface area contributed by atoms with E-state index >= 15 is 0 Å². The van der Waals surface area contributed by atoms with Gasteiger partial charge in [-0.1, -0.05) is 71.9 Å². The summed E-state index contributed by atoms with van der Waals surface area (Å²) in [6.07, 6.45) is 3.27. The monoisotopic (exact) mass is 513 g/mol. The number of methoxy groups -OCH3 is 1. The molecule has 2 aromatic heterocycles. The van der Waals surface area contributed by atoms with Crippen LogP contribution < -0.4 is 9.47 Å². The standard InChI is InChI=1S/C31H23N5O3/c1-37-23-14-11-20(12-15-23)17-33-38-18-26-34-30-28-27(22-8-3-2-4-9-22)25-16-13-21-7-5-6-10-24(21)29(25)39-31(28)32-19-36(30)35-26/h2-17,19,27H,18H2,1H3/b33-17-/t27-/m1/s1. The van der Waals surface area contributed by atoms with E-state index in [9.17, 15) is 0 Å². The Balaban J connectivity index is 1.25. The normalized spacial score (nSPS) is 14.2. The summed E-state index contributed by atoms with van der Waals surface area (Å²) in [5.74, 6) is 2.50. The minimum atomic E-state index is -0.128. The molecule has 8 nitrogen and oxygen atoms in total. The van der Waals surface area contributed by atoms with Gasteiger partial charge in [-0.15, -0.1) is 5.10 Å². The van der Waals surface area contributed by atoms with Gasteiger partial charge in [0.2, 0.25) is 5.88 Å². The number of hydrogen-bond donors (Lipinski definition) is 0. The number of aromatic nitrogens is 4. The van der Waals surface area contributed by atoms with Crippen LogP contribution in [0.25, 0.3) is 16.4 Å². The maximum atomic E-state index is 6.47. The van der Waals surface area contributed by atoms with Crippen molar-refractivity contribution in [3.05, 3.63) is 125 Å². The van der Waals surface area contributed by atoms with Gasteiger partial charge < -0.3 is 14.3 Å². The lowest BCUT2D eigenvalue weighted by Crippen LogP contribution is -2.15. The van der Waals surface area contributed by atoms with Gasteiger partial charge in [-0.3, -0.25) is 0 Å². The lowest BCUT2D eigenvalue weighted by atomic mass is 9.83. The Morgan fingerprint density at radius 3 is 2.62 bits per heavy atom. The second-order valence-corrected chi connectivity index (χ2v) is 9.19. The van der Waals surface area contributed by atoms with E-state index in [1.807, 2.05) is 54.6 Å². The maximum Gasteiger partial charge on any atom is 0.228 e. The second-order valence-electron chi connectivity index (χ2n) is 9.19. The van der Waals surface area contributed by atoms with Gasteiger partial charge in [0.25, 0.3) is 0 Å². The van der Waals surface area contributed by atoms with Crippen LogP contribution in [-0.4, -0.2) is 32.9 Å². The van der Waals surface area contributed by atoms with Crippen molar-refractivity contribution in [2.75, 3.05) is 7.11 Å². The van der Waals surface area contributed by atoms with Crippen molar-refractivity contribution >= 4 is 22.6 Å². The summed E-state index contributed by atoms with van der Waals surface area (Å²) in [6.45, 7) is 0.112. The summed E-state index contributed by atoms with van der Waals surface area (Å²) < 4.78 is 13.3. The SMILES string of the molecule is COc1ccc(/C=N\OCc2nc3c4c(ncn3n2)Oc2c(ccc3ccccc23)[C@H]4c2ccccc2)cc1. The summed E-state index contributed by atoms with van der Waals surface area (Å²) in [7, 11) is 1.63. The highest BCUT2D eigenvalue weighted by Crippen LogP contribution is 2.50. The molecule has 0 N–H and O–H groups in total. The minimum absolute atomic E-state index is 0.112. The molecule has 0 saturated carbocycles. The topological polar surface area (TPSA) is 83.1 Å². The Morgan fingerprint density at radius 1 is 0.949 bits per heavy atom. The summed E-state index contributed by atoms with van der Waals surface area (Å²) >= 11 is 0. The zero-order valence-corrected chi connectivity index (χ0v) is 21.1. The summed E-state index contributed by atoms with van der Waals surface area (Å²) in [5.41, 5.74) is 4.62. The molecule has 0 fully saturated rings. The number of nitrogens with zero attached hydrogens (tertiary/aromatic N) is 5. The first kappa shape index (κ1) is 22.9. The lowest BCUT2D eigenvalue weighted by molar-refractivity contribution is 0.126. The Hall–Kier alpha value is -5.24. The molecule has 1 aliphatic rings. The van der Waals surface area contributed by atoms with Crippen LogP contribution in [0, 0.1) is 0 Å². The number of rotatable bonds is 6. The molecule has 0 spiro atoms. The van der Waals surface area contributed by atoms with E-state index < -0.39 is 0 Å². The first-order valence-corrected chi connectivity index (χ1v) is 12.6. The van der Waals surface area contributed by atoms with Crippen LogP contribution in [0.1, 0.15) is 34.0 Å². The third kappa shape index (κ3) is 4.12. The molecule has 3 heterocycles. The molecule has 6 aromatic rings. The third-order valence-corrected chi connectivity index (χ3v) is 6.86. The van der Waals surface area contributed by atoms with Crippen molar-refractivity contribution in [1.29, 1.82) is 0 Å². The maximum absolute atomic E-state index is 6.47. The number of ether oxygens (including phenoxy) is 2. The van der Waals surface area contributed by atoms with Crippen molar-refractivity contribution in [3.8, 4) is 17.4 Å². The number of benzene rings is 4. The summed E-state index contributed by atoms with van der Waals surface area (Å²) in [4.78, 5) is 15.0. The highest BCUT2D eigenvalue weighted by molar-refractivity contribution is 5.91. The smallest absolute Gasteiger partial charge is 0.228 e. The zero-order valence-electron chi connectivity index (χ0n) is 21.1. The second kappa shape index (κ2) is 9.57. The summed E-state index contributed by atoms with van der Waals surface area (Å²) in [6, 6.07) is 30.4. The van der Waals surface area contributed by atoms with Crippen molar-refractivity contribution in [2.45, 2.75) is 12.5 Å². The molecule has 1 aliphatic heterocycles. The molecule has 0 amide bonds.